The van der Waals surface area contributed by atoms with E-state index in [1.54, 1.807) is 30.0 Å². The van der Waals surface area contributed by atoms with Crippen molar-refractivity contribution >= 4 is 45.3 Å². The lowest BCUT2D eigenvalue weighted by molar-refractivity contribution is -0.159. The maximum Gasteiger partial charge on any atom is 0.313 e. The number of halogens is 1. The monoisotopic (exact) mass is 691 g/mol. The van der Waals surface area contributed by atoms with Gasteiger partial charge in [-0.2, -0.15) is 0 Å². The van der Waals surface area contributed by atoms with Crippen LogP contribution in [0.3, 0.4) is 0 Å². The van der Waals surface area contributed by atoms with Gasteiger partial charge in [-0.15, -0.1) is 0 Å². The molecule has 2 aromatic carbocycles. The van der Waals surface area contributed by atoms with Crippen LogP contribution in [-0.4, -0.2) is 77.2 Å². The fourth-order valence-corrected chi connectivity index (χ4v) is 8.15. The number of likely N-dealkylation sites (tertiary alicyclic amines) is 1. The van der Waals surface area contributed by atoms with E-state index in [2.05, 4.69) is 21.2 Å². The van der Waals surface area contributed by atoms with Crippen molar-refractivity contribution in [3.8, 4) is 0 Å². The molecule has 4 aliphatic heterocycles. The SMILES string of the molecule is Cc1cccc(C)c1N1C/C=C\CCC(=O)NC[C@@H](C)OC(=O)[C@@H]2[C@H]3O[C@@]4(C=C3Br)[C@H](C1=O)N([C@H](CO)c1ccccc1)C(=O)[C@@H]24. The number of aryl methyl sites for hydroxylation is 2. The minimum absolute atomic E-state index is 0.113. The van der Waals surface area contributed by atoms with Crippen LogP contribution in [0.1, 0.15) is 42.5 Å². The molecule has 2 N–H and O–H groups in total. The number of fused-ring (bicyclic) bond motifs is 2. The number of ether oxygens (including phenoxy) is 2. The van der Waals surface area contributed by atoms with Crippen LogP contribution < -0.4 is 10.2 Å². The van der Waals surface area contributed by atoms with E-state index in [9.17, 15) is 19.5 Å². The van der Waals surface area contributed by atoms with Crippen molar-refractivity contribution in [2.75, 3.05) is 24.6 Å². The molecule has 11 heteroatoms. The van der Waals surface area contributed by atoms with E-state index in [1.165, 1.54) is 4.90 Å². The molecular formula is C35H38BrN3O7. The number of anilines is 1. The molecule has 3 amide bonds. The number of nitrogens with zero attached hydrogens (tertiary/aromatic N) is 2. The molecule has 46 heavy (non-hydrogen) atoms. The number of hydrogen-bond donors (Lipinski definition) is 2. The van der Waals surface area contributed by atoms with Crippen LogP contribution in [0.15, 0.2) is 71.2 Å². The number of hydrogen-bond acceptors (Lipinski definition) is 7. The second-order valence-electron chi connectivity index (χ2n) is 12.4. The van der Waals surface area contributed by atoms with E-state index >= 15 is 4.79 Å². The lowest BCUT2D eigenvalue weighted by Gasteiger charge is -2.39. The van der Waals surface area contributed by atoms with Crippen LogP contribution in [-0.2, 0) is 28.7 Å². The quantitative estimate of drug-likeness (QED) is 0.371. The molecule has 0 radical (unpaired) electrons. The summed E-state index contributed by atoms with van der Waals surface area (Å²) in [5.74, 6) is -3.85. The topological polar surface area (TPSA) is 125 Å². The highest BCUT2D eigenvalue weighted by Gasteiger charge is 2.75. The molecule has 10 nitrogen and oxygen atoms in total. The molecule has 4 aliphatic rings. The molecule has 5 bridgehead atoms. The van der Waals surface area contributed by atoms with Crippen molar-refractivity contribution in [1.29, 1.82) is 0 Å². The molecule has 0 unspecified atom stereocenters. The van der Waals surface area contributed by atoms with Crippen molar-refractivity contribution < 1.29 is 33.8 Å². The lowest BCUT2D eigenvalue weighted by atomic mass is 9.74. The first-order valence-corrected chi connectivity index (χ1v) is 16.4. The second-order valence-corrected chi connectivity index (χ2v) is 13.3. The molecule has 0 saturated carbocycles. The van der Waals surface area contributed by atoms with E-state index in [-0.39, 0.29) is 25.4 Å². The van der Waals surface area contributed by atoms with Gasteiger partial charge in [0.05, 0.1) is 25.1 Å². The number of carbonyl (C=O) groups excluding carboxylic acids is 4. The van der Waals surface area contributed by atoms with Crippen molar-refractivity contribution in [1.82, 2.24) is 10.2 Å². The summed E-state index contributed by atoms with van der Waals surface area (Å²) >= 11 is 3.58. The molecule has 1 spiro atoms. The standard InChI is InChI=1S/C35H38BrN3O7/c1-20-11-10-12-21(2)29(20)38-16-9-5-8-15-26(41)37-18-22(3)45-34(44)27-28-32(42)39(25(19-40)23-13-6-4-7-14-23)31(33(38)43)35(28)17-24(36)30(27)46-35/h4-7,9-14,17,22,25,27-28,30-31,40H,8,15-16,18-19H2,1-3H3,(H,37,41)/b9-5-/t22-,25-,27+,28-,30+,31+,35-/m1/s1. The van der Waals surface area contributed by atoms with Crippen molar-refractivity contribution in [3.63, 3.8) is 0 Å². The molecular weight excluding hydrogens is 654 g/mol. The van der Waals surface area contributed by atoms with Crippen LogP contribution in [0.4, 0.5) is 5.69 Å². The van der Waals surface area contributed by atoms with Gasteiger partial charge in [0, 0.05) is 23.1 Å². The van der Waals surface area contributed by atoms with Gasteiger partial charge in [0.2, 0.25) is 11.8 Å². The normalized spacial score (nSPS) is 31.3. The zero-order valence-corrected chi connectivity index (χ0v) is 27.6. The number of allylic oxidation sites excluding steroid dienone is 1. The molecule has 0 aliphatic carbocycles. The summed E-state index contributed by atoms with van der Waals surface area (Å²) in [5.41, 5.74) is 1.56. The van der Waals surface area contributed by atoms with Crippen LogP contribution >= 0.6 is 15.9 Å². The zero-order valence-electron chi connectivity index (χ0n) is 26.0. The first kappa shape index (κ1) is 32.2. The smallest absolute Gasteiger partial charge is 0.313 e. The summed E-state index contributed by atoms with van der Waals surface area (Å²) in [5, 5.41) is 13.6. The molecule has 0 aromatic heterocycles. The molecule has 2 aromatic rings. The second kappa shape index (κ2) is 12.8. The Hall–Kier alpha value is -3.80. The predicted octanol–water partition coefficient (Wildman–Crippen LogP) is 3.64. The molecule has 4 heterocycles. The number of amides is 3. The average Bonchev–Trinajstić information content (AvgIpc) is 3.62. The number of rotatable bonds is 4. The zero-order chi connectivity index (χ0) is 32.7. The molecule has 6 rings (SSSR count). The largest absolute Gasteiger partial charge is 0.460 e. The Morgan fingerprint density at radius 1 is 1.02 bits per heavy atom. The third kappa shape index (κ3) is 5.38. The van der Waals surface area contributed by atoms with E-state index in [1.807, 2.05) is 62.4 Å². The van der Waals surface area contributed by atoms with Crippen molar-refractivity contribution in [2.45, 2.75) is 63.5 Å². The van der Waals surface area contributed by atoms with Crippen LogP contribution in [0.5, 0.6) is 0 Å². The van der Waals surface area contributed by atoms with Gasteiger partial charge in [-0.1, -0.05) is 76.6 Å². The van der Waals surface area contributed by atoms with Gasteiger partial charge in [-0.3, -0.25) is 19.2 Å². The highest BCUT2D eigenvalue weighted by atomic mass is 79.9. The van der Waals surface area contributed by atoms with Gasteiger partial charge in [-0.05, 0) is 50.0 Å². The number of para-hydroxylation sites is 1. The van der Waals surface area contributed by atoms with Gasteiger partial charge in [-0.25, -0.2) is 0 Å². The fraction of sp³-hybridized carbons (Fsp3) is 0.429. The Bertz CT molecular complexity index is 1590. The van der Waals surface area contributed by atoms with E-state index in [0.717, 1.165) is 11.1 Å². The summed E-state index contributed by atoms with van der Waals surface area (Å²) < 4.78 is 13.0. The fourth-order valence-electron chi connectivity index (χ4n) is 7.42. The lowest BCUT2D eigenvalue weighted by Crippen LogP contribution is -2.57. The highest BCUT2D eigenvalue weighted by molar-refractivity contribution is 9.11. The Morgan fingerprint density at radius 3 is 2.43 bits per heavy atom. The van der Waals surface area contributed by atoms with Gasteiger partial charge in [0.25, 0.3) is 5.91 Å². The maximum absolute atomic E-state index is 15.2. The van der Waals surface area contributed by atoms with E-state index in [0.29, 0.717) is 22.2 Å². The number of cyclic esters (lactones) is 1. The van der Waals surface area contributed by atoms with Gasteiger partial charge in [0.15, 0.2) is 0 Å². The maximum atomic E-state index is 15.2. The van der Waals surface area contributed by atoms with E-state index < -0.39 is 66.1 Å². The first-order valence-electron chi connectivity index (χ1n) is 15.6. The third-order valence-corrected chi connectivity index (χ3v) is 10.1. The summed E-state index contributed by atoms with van der Waals surface area (Å²) in [6.07, 6.45) is 4.63. The van der Waals surface area contributed by atoms with Crippen LogP contribution in [0.2, 0.25) is 0 Å². The van der Waals surface area contributed by atoms with Crippen molar-refractivity contribution in [3.05, 3.63) is 87.9 Å². The Balaban J connectivity index is 1.54. The summed E-state index contributed by atoms with van der Waals surface area (Å²) in [4.78, 5) is 59.4. The van der Waals surface area contributed by atoms with Gasteiger partial charge < -0.3 is 29.7 Å². The number of aliphatic hydroxyl groups excluding tert-OH is 1. The molecule has 7 atom stereocenters. The Labute approximate surface area is 276 Å². The van der Waals surface area contributed by atoms with E-state index in [4.69, 9.17) is 9.47 Å². The van der Waals surface area contributed by atoms with Crippen LogP contribution in [0.25, 0.3) is 0 Å². The summed E-state index contributed by atoms with van der Waals surface area (Å²) in [6.45, 7) is 5.35. The first-order chi connectivity index (χ1) is 22.1. The predicted molar refractivity (Wildman–Crippen MR) is 174 cm³/mol. The highest BCUT2D eigenvalue weighted by Crippen LogP contribution is 2.60. The molecule has 242 valence electrons. The van der Waals surface area contributed by atoms with Gasteiger partial charge >= 0.3 is 5.97 Å². The number of aliphatic hydroxyl groups is 1. The average molecular weight is 693 g/mol. The molecule has 2 saturated heterocycles. The minimum atomic E-state index is -1.51. The number of nitrogens with one attached hydrogen (secondary N) is 1. The molecule has 2 fully saturated rings. The number of benzene rings is 2. The Kier molecular flexibility index (Phi) is 8.93. The summed E-state index contributed by atoms with van der Waals surface area (Å²) in [7, 11) is 0. The number of esters is 1. The minimum Gasteiger partial charge on any atom is -0.460 e. The number of carbonyl (C=O) groups is 4. The van der Waals surface area contributed by atoms with Gasteiger partial charge in [0.1, 0.15) is 29.8 Å². The van der Waals surface area contributed by atoms with Crippen molar-refractivity contribution in [2.24, 2.45) is 11.8 Å². The summed E-state index contributed by atoms with van der Waals surface area (Å²) in [6, 6.07) is 12.7. The Morgan fingerprint density at radius 2 is 1.74 bits per heavy atom. The third-order valence-electron chi connectivity index (χ3n) is 9.44. The van der Waals surface area contributed by atoms with Crippen LogP contribution in [0, 0.1) is 25.7 Å².